The summed E-state index contributed by atoms with van der Waals surface area (Å²) in [6.45, 7) is 0. The van der Waals surface area contributed by atoms with Gasteiger partial charge >= 0.3 is 5.97 Å². The van der Waals surface area contributed by atoms with Crippen molar-refractivity contribution in [2.24, 2.45) is 5.92 Å². The van der Waals surface area contributed by atoms with Gasteiger partial charge in [-0.2, -0.15) is 0 Å². The first-order chi connectivity index (χ1) is 7.11. The minimum atomic E-state index is -0.935. The summed E-state index contributed by atoms with van der Waals surface area (Å²) in [4.78, 5) is 10.7. The molecule has 4 heteroatoms. The smallest absolute Gasteiger partial charge is 0.307 e. The minimum absolute atomic E-state index is 0.189. The first-order valence-electron chi connectivity index (χ1n) is 4.78. The van der Waals surface area contributed by atoms with E-state index >= 15 is 0 Å². The van der Waals surface area contributed by atoms with Crippen molar-refractivity contribution in [1.82, 2.24) is 0 Å². The molecule has 1 aliphatic carbocycles. The second-order valence-electron chi connectivity index (χ2n) is 3.77. The highest BCUT2D eigenvalue weighted by atomic mass is 19.2. The second kappa shape index (κ2) is 3.61. The van der Waals surface area contributed by atoms with E-state index in [1.165, 1.54) is 12.1 Å². The van der Waals surface area contributed by atoms with Gasteiger partial charge in [-0.15, -0.1) is 0 Å². The lowest BCUT2D eigenvalue weighted by Crippen LogP contribution is -2.31. The fourth-order valence-electron chi connectivity index (χ4n) is 1.97. The molecular weight excluding hydrogens is 202 g/mol. The zero-order valence-electron chi connectivity index (χ0n) is 7.91. The van der Waals surface area contributed by atoms with E-state index in [0.717, 1.165) is 6.07 Å². The van der Waals surface area contributed by atoms with E-state index in [9.17, 15) is 13.6 Å². The summed E-state index contributed by atoms with van der Waals surface area (Å²) in [5.41, 5.74) is 0.189. The zero-order valence-corrected chi connectivity index (χ0v) is 7.91. The van der Waals surface area contributed by atoms with Crippen LogP contribution in [0, 0.1) is 17.6 Å². The minimum Gasteiger partial charge on any atom is -0.481 e. The molecule has 2 unspecified atom stereocenters. The Labute approximate surface area is 85.5 Å². The monoisotopic (exact) mass is 212 g/mol. The van der Waals surface area contributed by atoms with Crippen LogP contribution in [0.5, 0.6) is 0 Å². The van der Waals surface area contributed by atoms with Gasteiger partial charge in [-0.3, -0.25) is 4.79 Å². The third-order valence-corrected chi connectivity index (χ3v) is 2.97. The van der Waals surface area contributed by atoms with E-state index in [4.69, 9.17) is 5.11 Å². The van der Waals surface area contributed by atoms with Gasteiger partial charge < -0.3 is 5.11 Å². The highest BCUT2D eigenvalue weighted by Gasteiger charge is 2.39. The molecular formula is C11H10F2O2. The average Bonchev–Trinajstić information content (AvgIpc) is 2.10. The molecule has 2 nitrogen and oxygen atoms in total. The van der Waals surface area contributed by atoms with E-state index < -0.39 is 23.5 Å². The van der Waals surface area contributed by atoms with Crippen LogP contribution in [0.4, 0.5) is 8.78 Å². The quantitative estimate of drug-likeness (QED) is 0.817. The van der Waals surface area contributed by atoms with Gasteiger partial charge in [-0.25, -0.2) is 8.78 Å². The normalized spacial score (nSPS) is 24.7. The van der Waals surface area contributed by atoms with E-state index in [0.29, 0.717) is 12.8 Å². The number of carboxylic acid groups (broad SMARTS) is 1. The molecule has 0 bridgehead atoms. The first-order valence-corrected chi connectivity index (χ1v) is 4.78. The van der Waals surface area contributed by atoms with Crippen molar-refractivity contribution in [2.75, 3.05) is 0 Å². The van der Waals surface area contributed by atoms with Crippen LogP contribution in [0.15, 0.2) is 18.2 Å². The van der Waals surface area contributed by atoms with Crippen LogP contribution in [0.25, 0.3) is 0 Å². The number of hydrogen-bond acceptors (Lipinski definition) is 1. The average molecular weight is 212 g/mol. The largest absolute Gasteiger partial charge is 0.481 e. The van der Waals surface area contributed by atoms with Crippen molar-refractivity contribution in [3.05, 3.63) is 35.4 Å². The molecule has 2 rings (SSSR count). The van der Waals surface area contributed by atoms with Crippen molar-refractivity contribution in [1.29, 1.82) is 0 Å². The van der Waals surface area contributed by atoms with Crippen molar-refractivity contribution in [3.63, 3.8) is 0 Å². The molecule has 80 valence electrons. The number of hydrogen-bond donors (Lipinski definition) is 1. The number of benzene rings is 1. The molecule has 0 heterocycles. The molecule has 1 aromatic carbocycles. The van der Waals surface area contributed by atoms with Gasteiger partial charge in [-0.05, 0) is 24.5 Å². The van der Waals surface area contributed by atoms with Gasteiger partial charge in [0.2, 0.25) is 0 Å². The molecule has 0 aromatic heterocycles. The predicted molar refractivity (Wildman–Crippen MR) is 49.5 cm³/mol. The Morgan fingerprint density at radius 2 is 2.07 bits per heavy atom. The molecule has 0 amide bonds. The Balaban J connectivity index is 2.31. The molecule has 2 atom stereocenters. The topological polar surface area (TPSA) is 37.3 Å². The van der Waals surface area contributed by atoms with Crippen molar-refractivity contribution in [2.45, 2.75) is 18.8 Å². The van der Waals surface area contributed by atoms with Gasteiger partial charge in [-0.1, -0.05) is 12.1 Å². The maximum Gasteiger partial charge on any atom is 0.307 e. The maximum absolute atomic E-state index is 13.3. The molecule has 15 heavy (non-hydrogen) atoms. The summed E-state index contributed by atoms with van der Waals surface area (Å²) in [5.74, 6) is -3.70. The van der Waals surface area contributed by atoms with Crippen LogP contribution in [-0.4, -0.2) is 11.1 Å². The summed E-state index contributed by atoms with van der Waals surface area (Å²) in [5, 5.41) is 8.81. The van der Waals surface area contributed by atoms with Gasteiger partial charge in [0.25, 0.3) is 0 Å². The Morgan fingerprint density at radius 1 is 1.33 bits per heavy atom. The summed E-state index contributed by atoms with van der Waals surface area (Å²) in [6, 6.07) is 3.90. The molecule has 0 aliphatic heterocycles. The fraction of sp³-hybridized carbons (Fsp3) is 0.364. The third kappa shape index (κ3) is 1.60. The van der Waals surface area contributed by atoms with Crippen LogP contribution in [0.1, 0.15) is 24.3 Å². The van der Waals surface area contributed by atoms with Crippen LogP contribution in [-0.2, 0) is 4.79 Å². The summed E-state index contributed by atoms with van der Waals surface area (Å²) in [6.07, 6.45) is 1.15. The molecule has 1 saturated carbocycles. The van der Waals surface area contributed by atoms with Gasteiger partial charge in [0.05, 0.1) is 5.92 Å². The lowest BCUT2D eigenvalue weighted by molar-refractivity contribution is -0.145. The van der Waals surface area contributed by atoms with Crippen LogP contribution < -0.4 is 0 Å². The number of aliphatic carboxylic acids is 1. The van der Waals surface area contributed by atoms with Crippen LogP contribution in [0.2, 0.25) is 0 Å². The van der Waals surface area contributed by atoms with Crippen molar-refractivity contribution in [3.8, 4) is 0 Å². The second-order valence-corrected chi connectivity index (χ2v) is 3.77. The van der Waals surface area contributed by atoms with Crippen LogP contribution >= 0.6 is 0 Å². The highest BCUT2D eigenvalue weighted by Crippen LogP contribution is 2.43. The van der Waals surface area contributed by atoms with E-state index in [2.05, 4.69) is 0 Å². The fourth-order valence-corrected chi connectivity index (χ4v) is 1.97. The highest BCUT2D eigenvalue weighted by molar-refractivity contribution is 5.72. The molecule has 1 aliphatic rings. The van der Waals surface area contributed by atoms with Gasteiger partial charge in [0.15, 0.2) is 11.6 Å². The van der Waals surface area contributed by atoms with E-state index in [-0.39, 0.29) is 11.5 Å². The Kier molecular flexibility index (Phi) is 2.42. The first kappa shape index (κ1) is 10.1. The number of carbonyl (C=O) groups is 1. The SMILES string of the molecule is O=C(O)C1CCC1c1cccc(F)c1F. The van der Waals surface area contributed by atoms with E-state index in [1.54, 1.807) is 0 Å². The Bertz CT molecular complexity index is 404. The Hall–Kier alpha value is -1.45. The number of rotatable bonds is 2. The zero-order chi connectivity index (χ0) is 11.0. The molecule has 0 radical (unpaired) electrons. The third-order valence-electron chi connectivity index (χ3n) is 2.97. The lowest BCUT2D eigenvalue weighted by Gasteiger charge is -2.33. The van der Waals surface area contributed by atoms with Crippen LogP contribution in [0.3, 0.4) is 0 Å². The van der Waals surface area contributed by atoms with Crippen molar-refractivity contribution >= 4 is 5.97 Å². The van der Waals surface area contributed by atoms with Gasteiger partial charge in [0.1, 0.15) is 0 Å². The van der Waals surface area contributed by atoms with Crippen molar-refractivity contribution < 1.29 is 18.7 Å². The molecule has 1 fully saturated rings. The van der Waals surface area contributed by atoms with Gasteiger partial charge in [0, 0.05) is 5.92 Å². The number of carboxylic acids is 1. The molecule has 0 saturated heterocycles. The molecule has 1 aromatic rings. The lowest BCUT2D eigenvalue weighted by atomic mass is 9.70. The van der Waals surface area contributed by atoms with E-state index in [1.807, 2.05) is 0 Å². The summed E-state index contributed by atoms with van der Waals surface area (Å²) < 4.78 is 26.2. The molecule has 1 N–H and O–H groups in total. The number of halogens is 2. The summed E-state index contributed by atoms with van der Waals surface area (Å²) in [7, 11) is 0. The maximum atomic E-state index is 13.3. The Morgan fingerprint density at radius 3 is 2.60 bits per heavy atom. The molecule has 0 spiro atoms. The predicted octanol–water partition coefficient (Wildman–Crippen LogP) is 2.54. The standard InChI is InChI=1S/C11H10F2O2/c12-9-3-1-2-7(10(9)13)6-4-5-8(6)11(14)15/h1-3,6,8H,4-5H2,(H,14,15). The summed E-state index contributed by atoms with van der Waals surface area (Å²) >= 11 is 0.